The van der Waals surface area contributed by atoms with Crippen LogP contribution in [0.25, 0.3) is 0 Å². The summed E-state index contributed by atoms with van der Waals surface area (Å²) in [5.41, 5.74) is 7.88. The monoisotopic (exact) mass is 437 g/mol. The van der Waals surface area contributed by atoms with Gasteiger partial charge in [0, 0.05) is 17.5 Å². The van der Waals surface area contributed by atoms with Crippen LogP contribution in [0.1, 0.15) is 54.6 Å². The summed E-state index contributed by atoms with van der Waals surface area (Å²) in [5.74, 6) is 0.740. The molecule has 0 bridgehead atoms. The van der Waals surface area contributed by atoms with Crippen LogP contribution in [0.4, 0.5) is 5.69 Å². The Morgan fingerprint density at radius 1 is 0.970 bits per heavy atom. The molecule has 0 saturated carbocycles. The van der Waals surface area contributed by atoms with E-state index >= 15 is 0 Å². The number of carbonyl (C=O) groups is 1. The molecule has 166 valence electrons. The Labute approximate surface area is 194 Å². The molecule has 0 spiro atoms. The third-order valence-electron chi connectivity index (χ3n) is 5.99. The summed E-state index contributed by atoms with van der Waals surface area (Å²) in [7, 11) is 0. The van der Waals surface area contributed by atoms with Crippen LogP contribution in [0, 0.1) is 0 Å². The van der Waals surface area contributed by atoms with Crippen LogP contribution in [0.5, 0.6) is 5.75 Å². The summed E-state index contributed by atoms with van der Waals surface area (Å²) in [6, 6.07) is 22.2. The highest BCUT2D eigenvalue weighted by Gasteiger charge is 2.26. The predicted molar refractivity (Wildman–Crippen MR) is 132 cm³/mol. The van der Waals surface area contributed by atoms with Crippen LogP contribution in [-0.2, 0) is 17.8 Å². The molecule has 5 rings (SSSR count). The first-order valence-corrected chi connectivity index (χ1v) is 11.4. The van der Waals surface area contributed by atoms with Gasteiger partial charge in [-0.3, -0.25) is 9.79 Å². The molecule has 0 radical (unpaired) electrons. The van der Waals surface area contributed by atoms with Gasteiger partial charge in [-0.1, -0.05) is 36.4 Å². The first kappa shape index (κ1) is 21.1. The lowest BCUT2D eigenvalue weighted by Gasteiger charge is -2.14. The van der Waals surface area contributed by atoms with Crippen molar-refractivity contribution in [3.05, 3.63) is 94.5 Å². The SMILES string of the molecule is CC(C)Oc1ccc(C2=NCc3cc4c(cc32)N=C(C(=O)N[C@H](C)c2ccccc2)C4)cc1. The molecule has 2 heterocycles. The van der Waals surface area contributed by atoms with Crippen molar-refractivity contribution < 1.29 is 9.53 Å². The minimum atomic E-state index is -0.114. The van der Waals surface area contributed by atoms with E-state index in [0.717, 1.165) is 39.4 Å². The van der Waals surface area contributed by atoms with E-state index in [1.807, 2.05) is 75.4 Å². The Bertz CT molecular complexity index is 1260. The van der Waals surface area contributed by atoms with Gasteiger partial charge in [-0.2, -0.15) is 0 Å². The number of hydrogen-bond acceptors (Lipinski definition) is 4. The normalized spacial score (nSPS) is 14.9. The Kier molecular flexibility index (Phi) is 5.55. The van der Waals surface area contributed by atoms with E-state index in [4.69, 9.17) is 9.73 Å². The van der Waals surface area contributed by atoms with E-state index in [1.54, 1.807) is 0 Å². The van der Waals surface area contributed by atoms with Crippen molar-refractivity contribution in [3.8, 4) is 5.75 Å². The standard InChI is InChI=1S/C28H27N3O2/c1-17(2)33-23-11-9-20(10-12-23)27-24-15-25-21(13-22(24)16-29-27)14-26(31-25)28(32)30-18(3)19-7-5-4-6-8-19/h4-13,15,17-18H,14,16H2,1-3H3,(H,30,32)/t18-/m1/s1. The molecule has 0 unspecified atom stereocenters. The van der Waals surface area contributed by atoms with E-state index in [1.165, 1.54) is 5.56 Å². The molecule has 2 aliphatic rings. The number of nitrogens with one attached hydrogen (secondary N) is 1. The second-order valence-corrected chi connectivity index (χ2v) is 8.83. The van der Waals surface area contributed by atoms with E-state index in [9.17, 15) is 4.79 Å². The molecular formula is C28H27N3O2. The maximum absolute atomic E-state index is 12.9. The molecule has 0 fully saturated rings. The van der Waals surface area contributed by atoms with Crippen LogP contribution < -0.4 is 10.1 Å². The van der Waals surface area contributed by atoms with Crippen molar-refractivity contribution in [2.24, 2.45) is 9.98 Å². The minimum Gasteiger partial charge on any atom is -0.491 e. The minimum absolute atomic E-state index is 0.0727. The fourth-order valence-electron chi connectivity index (χ4n) is 4.34. The van der Waals surface area contributed by atoms with E-state index in [2.05, 4.69) is 22.4 Å². The lowest BCUT2D eigenvalue weighted by molar-refractivity contribution is -0.115. The number of nitrogens with zero attached hydrogens (tertiary/aromatic N) is 2. The highest BCUT2D eigenvalue weighted by molar-refractivity contribution is 6.41. The molecule has 1 atom stereocenters. The van der Waals surface area contributed by atoms with Crippen molar-refractivity contribution in [2.75, 3.05) is 0 Å². The van der Waals surface area contributed by atoms with Gasteiger partial charge in [-0.15, -0.1) is 0 Å². The Morgan fingerprint density at radius 2 is 1.73 bits per heavy atom. The van der Waals surface area contributed by atoms with Crippen molar-refractivity contribution in [2.45, 2.75) is 45.9 Å². The second kappa shape index (κ2) is 8.66. The molecule has 0 saturated heterocycles. The van der Waals surface area contributed by atoms with Gasteiger partial charge in [-0.05, 0) is 67.8 Å². The third kappa shape index (κ3) is 4.31. The lowest BCUT2D eigenvalue weighted by atomic mass is 9.96. The molecule has 33 heavy (non-hydrogen) atoms. The molecular weight excluding hydrogens is 410 g/mol. The smallest absolute Gasteiger partial charge is 0.266 e. The van der Waals surface area contributed by atoms with Crippen molar-refractivity contribution in [1.29, 1.82) is 0 Å². The summed E-state index contributed by atoms with van der Waals surface area (Å²) >= 11 is 0. The number of fused-ring (bicyclic) bond motifs is 2. The predicted octanol–water partition coefficient (Wildman–Crippen LogP) is 5.33. The van der Waals surface area contributed by atoms with Gasteiger partial charge in [-0.25, -0.2) is 4.99 Å². The highest BCUT2D eigenvalue weighted by atomic mass is 16.5. The molecule has 0 aliphatic carbocycles. The summed E-state index contributed by atoms with van der Waals surface area (Å²) in [6.07, 6.45) is 0.690. The Balaban J connectivity index is 1.34. The average Bonchev–Trinajstić information content (AvgIpc) is 3.42. The first-order valence-electron chi connectivity index (χ1n) is 11.4. The largest absolute Gasteiger partial charge is 0.491 e. The zero-order chi connectivity index (χ0) is 22.9. The molecule has 1 amide bonds. The molecule has 5 heteroatoms. The van der Waals surface area contributed by atoms with E-state index < -0.39 is 0 Å². The highest BCUT2D eigenvalue weighted by Crippen LogP contribution is 2.34. The number of benzene rings is 3. The van der Waals surface area contributed by atoms with Crippen LogP contribution in [0.3, 0.4) is 0 Å². The van der Waals surface area contributed by atoms with Gasteiger partial charge in [0.1, 0.15) is 11.5 Å². The maximum Gasteiger partial charge on any atom is 0.266 e. The first-order chi connectivity index (χ1) is 16.0. The van der Waals surface area contributed by atoms with Gasteiger partial charge >= 0.3 is 0 Å². The molecule has 3 aromatic rings. The summed E-state index contributed by atoms with van der Waals surface area (Å²) in [6.45, 7) is 6.67. The molecule has 0 aromatic heterocycles. The van der Waals surface area contributed by atoms with Crippen molar-refractivity contribution >= 4 is 23.0 Å². The van der Waals surface area contributed by atoms with Gasteiger partial charge < -0.3 is 10.1 Å². The van der Waals surface area contributed by atoms with Crippen molar-refractivity contribution in [3.63, 3.8) is 0 Å². The van der Waals surface area contributed by atoms with Gasteiger partial charge in [0.25, 0.3) is 5.91 Å². The second-order valence-electron chi connectivity index (χ2n) is 8.83. The van der Waals surface area contributed by atoms with Crippen LogP contribution in [0.2, 0.25) is 0 Å². The Morgan fingerprint density at radius 3 is 2.45 bits per heavy atom. The fourth-order valence-corrected chi connectivity index (χ4v) is 4.34. The number of carbonyl (C=O) groups excluding carboxylic acids is 1. The summed E-state index contributed by atoms with van der Waals surface area (Å²) in [5, 5.41) is 3.08. The van der Waals surface area contributed by atoms with Crippen LogP contribution in [-0.4, -0.2) is 23.4 Å². The van der Waals surface area contributed by atoms with Crippen LogP contribution in [0.15, 0.2) is 76.7 Å². The molecule has 5 nitrogen and oxygen atoms in total. The van der Waals surface area contributed by atoms with Crippen LogP contribution >= 0.6 is 0 Å². The molecule has 2 aliphatic heterocycles. The number of ether oxygens (including phenoxy) is 1. The van der Waals surface area contributed by atoms with Crippen molar-refractivity contribution in [1.82, 2.24) is 5.32 Å². The number of amides is 1. The molecule has 3 aromatic carbocycles. The number of hydrogen-bond donors (Lipinski definition) is 1. The van der Waals surface area contributed by atoms with Gasteiger partial charge in [0.05, 0.1) is 30.1 Å². The quantitative estimate of drug-likeness (QED) is 0.566. The third-order valence-corrected chi connectivity index (χ3v) is 5.99. The van der Waals surface area contributed by atoms with E-state index in [-0.39, 0.29) is 18.1 Å². The zero-order valence-electron chi connectivity index (χ0n) is 19.1. The summed E-state index contributed by atoms with van der Waals surface area (Å²) in [4.78, 5) is 22.3. The van der Waals surface area contributed by atoms with Gasteiger partial charge in [0.2, 0.25) is 0 Å². The maximum atomic E-state index is 12.9. The van der Waals surface area contributed by atoms with Gasteiger partial charge in [0.15, 0.2) is 0 Å². The fraction of sp³-hybridized carbons (Fsp3) is 0.250. The number of aliphatic imine (C=N–C) groups is 2. The number of rotatable bonds is 6. The summed E-state index contributed by atoms with van der Waals surface area (Å²) < 4.78 is 5.76. The topological polar surface area (TPSA) is 63.1 Å². The van der Waals surface area contributed by atoms with E-state index in [0.29, 0.717) is 18.7 Å². The molecule has 1 N–H and O–H groups in total. The lowest BCUT2D eigenvalue weighted by Crippen LogP contribution is -2.33. The zero-order valence-corrected chi connectivity index (χ0v) is 19.1. The average molecular weight is 438 g/mol. The Hall–Kier alpha value is -3.73.